The first-order chi connectivity index (χ1) is 8.16. The second-order valence-electron chi connectivity index (χ2n) is 5.49. The Morgan fingerprint density at radius 3 is 2.06 bits per heavy atom. The Labute approximate surface area is 109 Å². The van der Waals surface area contributed by atoms with Crippen LogP contribution in [-0.2, 0) is 6.42 Å². The third-order valence-corrected chi connectivity index (χ3v) is 3.35. The predicted octanol–water partition coefficient (Wildman–Crippen LogP) is 1.71. The summed E-state index contributed by atoms with van der Waals surface area (Å²) in [6, 6.07) is 7.80. The lowest BCUT2D eigenvalue weighted by Crippen LogP contribution is -2.34. The molecular weight excluding hydrogens is 248 g/mol. The summed E-state index contributed by atoms with van der Waals surface area (Å²) in [6.45, 7) is 5.98. The van der Waals surface area contributed by atoms with Gasteiger partial charge in [-0.2, -0.15) is 0 Å². The predicted molar refractivity (Wildman–Crippen MR) is 72.4 cm³/mol. The van der Waals surface area contributed by atoms with Crippen LogP contribution < -0.4 is 4.74 Å². The van der Waals surface area contributed by atoms with Crippen molar-refractivity contribution < 1.29 is 19.1 Å². The van der Waals surface area contributed by atoms with Crippen LogP contribution in [0.25, 0.3) is 0 Å². The Kier molecular flexibility index (Phi) is 4.92. The van der Waals surface area contributed by atoms with Crippen molar-refractivity contribution in [2.24, 2.45) is 0 Å². The van der Waals surface area contributed by atoms with E-state index in [1.54, 1.807) is 0 Å². The van der Waals surface area contributed by atoms with E-state index in [-0.39, 0.29) is 11.6 Å². The molecule has 1 aromatic carbocycles. The van der Waals surface area contributed by atoms with Gasteiger partial charge in [0, 0.05) is 6.04 Å². The maximum atomic E-state index is 8.90. The molecule has 0 fully saturated rings. The van der Waals surface area contributed by atoms with Crippen LogP contribution in [0.4, 0.5) is 0 Å². The van der Waals surface area contributed by atoms with Crippen LogP contribution >= 0.6 is 0 Å². The average molecular weight is 270 g/mol. The van der Waals surface area contributed by atoms with Crippen LogP contribution in [0.15, 0.2) is 24.3 Å². The third kappa shape index (κ3) is 6.76. The summed E-state index contributed by atoms with van der Waals surface area (Å²) in [7, 11) is -3.88. The van der Waals surface area contributed by atoms with E-state index in [9.17, 15) is 0 Å². The van der Waals surface area contributed by atoms with E-state index in [4.69, 9.17) is 19.1 Å². The van der Waals surface area contributed by atoms with Crippen LogP contribution in [0.2, 0.25) is 6.04 Å². The molecule has 0 aliphatic rings. The largest absolute Gasteiger partial charge is 0.492 e. The summed E-state index contributed by atoms with van der Waals surface area (Å²) < 4.78 is 5.70. The molecule has 18 heavy (non-hydrogen) atoms. The normalized spacial score (nSPS) is 12.6. The lowest BCUT2D eigenvalue weighted by atomic mass is 10.1. The van der Waals surface area contributed by atoms with E-state index in [1.807, 2.05) is 45.0 Å². The summed E-state index contributed by atoms with van der Waals surface area (Å²) >= 11 is 0. The maximum absolute atomic E-state index is 8.90. The fraction of sp³-hybridized carbons (Fsp3) is 0.538. The summed E-state index contributed by atoms with van der Waals surface area (Å²) in [4.78, 5) is 26.7. The molecule has 3 N–H and O–H groups in total. The van der Waals surface area contributed by atoms with Gasteiger partial charge in [0.15, 0.2) is 0 Å². The van der Waals surface area contributed by atoms with Crippen molar-refractivity contribution >= 4 is 8.80 Å². The summed E-state index contributed by atoms with van der Waals surface area (Å²) in [5, 5.41) is 0. The van der Waals surface area contributed by atoms with Gasteiger partial charge in [0.2, 0.25) is 0 Å². The molecule has 0 amide bonds. The average Bonchev–Trinajstić information content (AvgIpc) is 2.16. The van der Waals surface area contributed by atoms with E-state index < -0.39 is 8.80 Å². The van der Waals surface area contributed by atoms with Gasteiger partial charge >= 0.3 is 8.80 Å². The zero-order valence-corrected chi connectivity index (χ0v) is 12.2. The monoisotopic (exact) mass is 270 g/mol. The summed E-state index contributed by atoms with van der Waals surface area (Å²) in [5.41, 5.74) is 0.881. The molecule has 5 heteroatoms. The Bertz CT molecular complexity index is 362. The number of rotatable bonds is 5. The van der Waals surface area contributed by atoms with Crippen molar-refractivity contribution in [1.29, 1.82) is 0 Å². The zero-order valence-electron chi connectivity index (χ0n) is 11.2. The van der Waals surface area contributed by atoms with Gasteiger partial charge in [-0.1, -0.05) is 12.1 Å². The van der Waals surface area contributed by atoms with Gasteiger partial charge in [-0.25, -0.2) is 0 Å². The molecule has 1 aromatic rings. The molecule has 0 saturated heterocycles. The Hall–Kier alpha value is -0.883. The first-order valence-corrected chi connectivity index (χ1v) is 8.16. The highest BCUT2D eigenvalue weighted by atomic mass is 28.4. The minimum absolute atomic E-state index is 0.0766. The molecule has 0 bridgehead atoms. The lowest BCUT2D eigenvalue weighted by molar-refractivity contribution is 0.131. The molecule has 0 heterocycles. The van der Waals surface area contributed by atoms with Crippen LogP contribution in [0, 0.1) is 0 Å². The molecule has 0 spiro atoms. The lowest BCUT2D eigenvalue weighted by Gasteiger charge is -2.21. The van der Waals surface area contributed by atoms with Crippen LogP contribution in [-0.4, -0.2) is 28.8 Å². The van der Waals surface area contributed by atoms with Gasteiger partial charge in [0.1, 0.15) is 11.4 Å². The van der Waals surface area contributed by atoms with Crippen molar-refractivity contribution in [3.05, 3.63) is 29.8 Å². The molecule has 0 aliphatic heterocycles. The van der Waals surface area contributed by atoms with E-state index in [0.29, 0.717) is 12.8 Å². The minimum atomic E-state index is -3.88. The molecule has 0 radical (unpaired) electrons. The second kappa shape index (κ2) is 5.84. The SMILES string of the molecule is CC(C)(C)Oc1ccc(CCC[Si](O)(O)O)cc1. The Balaban J connectivity index is 2.46. The number of ether oxygens (including phenoxy) is 1. The molecule has 0 atom stereocenters. The van der Waals surface area contributed by atoms with Gasteiger partial charge < -0.3 is 19.1 Å². The smallest absolute Gasteiger partial charge is 0.488 e. The number of hydrogen-bond acceptors (Lipinski definition) is 4. The molecule has 0 unspecified atom stereocenters. The summed E-state index contributed by atoms with van der Waals surface area (Å²) in [6.07, 6.45) is 1.28. The number of aryl methyl sites for hydroxylation is 1. The van der Waals surface area contributed by atoms with Gasteiger partial charge in [-0.05, 0) is 51.3 Å². The van der Waals surface area contributed by atoms with E-state index in [2.05, 4.69) is 0 Å². The fourth-order valence-electron chi connectivity index (χ4n) is 1.61. The highest BCUT2D eigenvalue weighted by molar-refractivity contribution is 6.56. The molecule has 102 valence electrons. The van der Waals surface area contributed by atoms with Crippen LogP contribution in [0.1, 0.15) is 32.8 Å². The van der Waals surface area contributed by atoms with E-state index in [0.717, 1.165) is 11.3 Å². The van der Waals surface area contributed by atoms with Crippen molar-refractivity contribution in [3.63, 3.8) is 0 Å². The highest BCUT2D eigenvalue weighted by Gasteiger charge is 2.25. The zero-order chi connectivity index (χ0) is 13.8. The molecule has 0 aromatic heterocycles. The maximum Gasteiger partial charge on any atom is 0.492 e. The summed E-state index contributed by atoms with van der Waals surface area (Å²) in [5.74, 6) is 0.821. The molecule has 4 nitrogen and oxygen atoms in total. The highest BCUT2D eigenvalue weighted by Crippen LogP contribution is 2.19. The van der Waals surface area contributed by atoms with Crippen molar-refractivity contribution in [1.82, 2.24) is 0 Å². The number of benzene rings is 1. The van der Waals surface area contributed by atoms with Gasteiger partial charge in [-0.3, -0.25) is 0 Å². The van der Waals surface area contributed by atoms with Crippen LogP contribution in [0.3, 0.4) is 0 Å². The van der Waals surface area contributed by atoms with Gasteiger partial charge in [-0.15, -0.1) is 0 Å². The van der Waals surface area contributed by atoms with Gasteiger partial charge in [0.25, 0.3) is 0 Å². The topological polar surface area (TPSA) is 69.9 Å². The quantitative estimate of drug-likeness (QED) is 0.712. The minimum Gasteiger partial charge on any atom is -0.488 e. The van der Waals surface area contributed by atoms with Crippen LogP contribution in [0.5, 0.6) is 5.75 Å². The molecule has 0 aliphatic carbocycles. The third-order valence-electron chi connectivity index (χ3n) is 2.33. The first kappa shape index (κ1) is 15.2. The standard InChI is InChI=1S/C13H22O4Si/c1-13(2,3)17-12-8-6-11(7-9-12)5-4-10-18(14,15)16/h6-9,14-16H,4-5,10H2,1-3H3. The number of hydrogen-bond donors (Lipinski definition) is 3. The molecular formula is C13H22O4Si. The second-order valence-corrected chi connectivity index (χ2v) is 7.53. The first-order valence-electron chi connectivity index (χ1n) is 6.11. The Morgan fingerprint density at radius 1 is 1.06 bits per heavy atom. The van der Waals surface area contributed by atoms with Gasteiger partial charge in [0.05, 0.1) is 0 Å². The molecule has 1 rings (SSSR count). The Morgan fingerprint density at radius 2 is 1.61 bits per heavy atom. The van der Waals surface area contributed by atoms with E-state index in [1.165, 1.54) is 0 Å². The van der Waals surface area contributed by atoms with Crippen molar-refractivity contribution in [2.75, 3.05) is 0 Å². The van der Waals surface area contributed by atoms with E-state index >= 15 is 0 Å². The van der Waals surface area contributed by atoms with Crippen molar-refractivity contribution in [2.45, 2.75) is 45.3 Å². The van der Waals surface area contributed by atoms with Crippen molar-refractivity contribution in [3.8, 4) is 5.75 Å². The fourth-order valence-corrected chi connectivity index (χ4v) is 2.26. The molecule has 0 saturated carbocycles.